The molecule has 4 heteroatoms. The lowest BCUT2D eigenvalue weighted by Gasteiger charge is -2.37. The number of methoxy groups -OCH3 is 1. The molecule has 3 nitrogen and oxygen atoms in total. The maximum atomic E-state index is 12.5. The fourth-order valence-electron chi connectivity index (χ4n) is 2.14. The maximum Gasteiger partial charge on any atom is 0.254 e. The predicted molar refractivity (Wildman–Crippen MR) is 75.4 cm³/mol. The third-order valence-electron chi connectivity index (χ3n) is 3.46. The van der Waals surface area contributed by atoms with Gasteiger partial charge in [0.1, 0.15) is 5.75 Å². The molecule has 18 heavy (non-hydrogen) atoms. The average molecular weight is 265 g/mol. The van der Waals surface area contributed by atoms with Crippen molar-refractivity contribution in [1.29, 1.82) is 0 Å². The molecule has 1 fully saturated rings. The molecule has 0 spiro atoms. The molecular formula is C14H19NO2S. The molecule has 1 aromatic carbocycles. The summed E-state index contributed by atoms with van der Waals surface area (Å²) in [6.07, 6.45) is 0. The van der Waals surface area contributed by atoms with Gasteiger partial charge in [0.25, 0.3) is 5.91 Å². The molecule has 0 radical (unpaired) electrons. The number of amides is 1. The van der Waals surface area contributed by atoms with E-state index in [1.54, 1.807) is 7.11 Å². The van der Waals surface area contributed by atoms with Crippen LogP contribution < -0.4 is 4.74 Å². The van der Waals surface area contributed by atoms with Crippen molar-refractivity contribution >= 4 is 17.7 Å². The highest BCUT2D eigenvalue weighted by atomic mass is 32.2. The fourth-order valence-corrected chi connectivity index (χ4v) is 3.24. The summed E-state index contributed by atoms with van der Waals surface area (Å²) >= 11 is 1.93. The Morgan fingerprint density at radius 3 is 2.94 bits per heavy atom. The van der Waals surface area contributed by atoms with Crippen LogP contribution in [0, 0.1) is 0 Å². The van der Waals surface area contributed by atoms with Crippen LogP contribution in [0.5, 0.6) is 5.75 Å². The third-order valence-corrected chi connectivity index (χ3v) is 4.80. The Labute approximate surface area is 113 Å². The Morgan fingerprint density at radius 2 is 2.22 bits per heavy atom. The number of rotatable bonds is 2. The first-order valence-electron chi connectivity index (χ1n) is 6.20. The Kier molecular flexibility index (Phi) is 4.17. The van der Waals surface area contributed by atoms with Gasteiger partial charge in [-0.05, 0) is 25.1 Å². The minimum absolute atomic E-state index is 0.105. The monoisotopic (exact) mass is 265 g/mol. The van der Waals surface area contributed by atoms with E-state index in [2.05, 4.69) is 13.8 Å². The van der Waals surface area contributed by atoms with Crippen molar-refractivity contribution in [3.63, 3.8) is 0 Å². The van der Waals surface area contributed by atoms with E-state index in [-0.39, 0.29) is 11.9 Å². The van der Waals surface area contributed by atoms with Crippen LogP contribution >= 0.6 is 11.8 Å². The normalized spacial score (nSPS) is 23.8. The van der Waals surface area contributed by atoms with E-state index >= 15 is 0 Å². The van der Waals surface area contributed by atoms with Crippen LogP contribution in [0.1, 0.15) is 24.2 Å². The molecule has 1 aromatic rings. The maximum absolute atomic E-state index is 12.5. The molecule has 0 saturated carbocycles. The lowest BCUT2D eigenvalue weighted by Crippen LogP contribution is -2.47. The molecule has 98 valence electrons. The Balaban J connectivity index is 2.19. The quantitative estimate of drug-likeness (QED) is 0.823. The summed E-state index contributed by atoms with van der Waals surface area (Å²) in [5.41, 5.74) is 0.709. The van der Waals surface area contributed by atoms with Crippen LogP contribution in [0.4, 0.5) is 0 Å². The molecule has 2 unspecified atom stereocenters. The fraction of sp³-hybridized carbons (Fsp3) is 0.500. The zero-order valence-corrected chi connectivity index (χ0v) is 11.9. The lowest BCUT2D eigenvalue weighted by molar-refractivity contribution is 0.0698. The Morgan fingerprint density at radius 1 is 1.44 bits per heavy atom. The number of nitrogens with zero attached hydrogens (tertiary/aromatic N) is 1. The Hall–Kier alpha value is -1.16. The minimum atomic E-state index is 0.105. The zero-order valence-electron chi connectivity index (χ0n) is 11.1. The molecule has 1 amide bonds. The minimum Gasteiger partial charge on any atom is -0.497 e. The number of hydrogen-bond acceptors (Lipinski definition) is 3. The highest BCUT2D eigenvalue weighted by molar-refractivity contribution is 8.00. The third kappa shape index (κ3) is 2.64. The molecule has 0 N–H and O–H groups in total. The number of carbonyl (C=O) groups is 1. The van der Waals surface area contributed by atoms with E-state index in [1.807, 2.05) is 40.9 Å². The van der Waals surface area contributed by atoms with Crippen LogP contribution in [0.15, 0.2) is 24.3 Å². The summed E-state index contributed by atoms with van der Waals surface area (Å²) in [6, 6.07) is 7.65. The summed E-state index contributed by atoms with van der Waals surface area (Å²) in [5.74, 6) is 1.85. The SMILES string of the molecule is COc1cccc(C(=O)N2CCSC(C)C2C)c1. The average Bonchev–Trinajstić information content (AvgIpc) is 2.41. The van der Waals surface area contributed by atoms with E-state index in [4.69, 9.17) is 4.74 Å². The summed E-state index contributed by atoms with van der Waals surface area (Å²) < 4.78 is 5.17. The van der Waals surface area contributed by atoms with E-state index < -0.39 is 0 Å². The standard InChI is InChI=1S/C14H19NO2S/c1-10-11(2)18-8-7-15(10)14(16)12-5-4-6-13(9-12)17-3/h4-6,9-11H,7-8H2,1-3H3. The van der Waals surface area contributed by atoms with Gasteiger partial charge >= 0.3 is 0 Å². The molecule has 2 rings (SSSR count). The summed E-state index contributed by atoms with van der Waals surface area (Å²) in [7, 11) is 1.62. The highest BCUT2D eigenvalue weighted by Gasteiger charge is 2.29. The van der Waals surface area contributed by atoms with Gasteiger partial charge in [-0.15, -0.1) is 0 Å². The largest absolute Gasteiger partial charge is 0.497 e. The molecular weight excluding hydrogens is 246 g/mol. The van der Waals surface area contributed by atoms with Gasteiger partial charge in [-0.1, -0.05) is 13.0 Å². The molecule has 1 heterocycles. The first-order chi connectivity index (χ1) is 8.63. The van der Waals surface area contributed by atoms with Crippen LogP contribution in [-0.4, -0.2) is 41.5 Å². The highest BCUT2D eigenvalue weighted by Crippen LogP contribution is 2.26. The second-order valence-electron chi connectivity index (χ2n) is 4.55. The number of carbonyl (C=O) groups excluding carboxylic acids is 1. The number of thioether (sulfide) groups is 1. The van der Waals surface area contributed by atoms with Gasteiger partial charge in [0.2, 0.25) is 0 Å². The number of ether oxygens (including phenoxy) is 1. The summed E-state index contributed by atoms with van der Waals surface area (Å²) in [5, 5.41) is 0.494. The summed E-state index contributed by atoms with van der Waals surface area (Å²) in [4.78, 5) is 14.5. The van der Waals surface area contributed by atoms with Crippen molar-refractivity contribution in [3.8, 4) is 5.75 Å². The smallest absolute Gasteiger partial charge is 0.254 e. The van der Waals surface area contributed by atoms with Gasteiger partial charge in [0.05, 0.1) is 7.11 Å². The van der Waals surface area contributed by atoms with Crippen LogP contribution in [0.25, 0.3) is 0 Å². The predicted octanol–water partition coefficient (Wildman–Crippen LogP) is 2.66. The van der Waals surface area contributed by atoms with Crippen molar-refractivity contribution in [2.75, 3.05) is 19.4 Å². The first-order valence-corrected chi connectivity index (χ1v) is 7.25. The summed E-state index contributed by atoms with van der Waals surface area (Å²) in [6.45, 7) is 5.13. The zero-order chi connectivity index (χ0) is 13.1. The molecule has 1 saturated heterocycles. The number of hydrogen-bond donors (Lipinski definition) is 0. The van der Waals surface area contributed by atoms with Gasteiger partial charge in [-0.2, -0.15) is 11.8 Å². The molecule has 2 atom stereocenters. The Bertz CT molecular complexity index is 436. The van der Waals surface area contributed by atoms with Gasteiger partial charge in [-0.3, -0.25) is 4.79 Å². The van der Waals surface area contributed by atoms with E-state index in [9.17, 15) is 4.79 Å². The molecule has 0 aliphatic carbocycles. The second-order valence-corrected chi connectivity index (χ2v) is 6.03. The van der Waals surface area contributed by atoms with E-state index in [1.165, 1.54) is 0 Å². The van der Waals surface area contributed by atoms with Crippen LogP contribution in [-0.2, 0) is 0 Å². The lowest BCUT2D eigenvalue weighted by atomic mass is 10.1. The number of benzene rings is 1. The van der Waals surface area contributed by atoms with Crippen molar-refractivity contribution in [2.24, 2.45) is 0 Å². The topological polar surface area (TPSA) is 29.5 Å². The van der Waals surface area contributed by atoms with E-state index in [0.29, 0.717) is 10.8 Å². The van der Waals surface area contributed by atoms with Gasteiger partial charge in [-0.25, -0.2) is 0 Å². The molecule has 0 aromatic heterocycles. The molecule has 1 aliphatic rings. The van der Waals surface area contributed by atoms with Gasteiger partial charge in [0.15, 0.2) is 0 Å². The van der Waals surface area contributed by atoms with Gasteiger partial charge in [0, 0.05) is 29.2 Å². The van der Waals surface area contributed by atoms with Crippen molar-refractivity contribution in [2.45, 2.75) is 25.1 Å². The van der Waals surface area contributed by atoms with Crippen LogP contribution in [0.3, 0.4) is 0 Å². The van der Waals surface area contributed by atoms with Crippen LogP contribution in [0.2, 0.25) is 0 Å². The molecule has 1 aliphatic heterocycles. The van der Waals surface area contributed by atoms with Crippen molar-refractivity contribution in [3.05, 3.63) is 29.8 Å². The van der Waals surface area contributed by atoms with Gasteiger partial charge < -0.3 is 9.64 Å². The first kappa shape index (κ1) is 13.3. The van der Waals surface area contributed by atoms with Crippen molar-refractivity contribution < 1.29 is 9.53 Å². The molecule has 0 bridgehead atoms. The second kappa shape index (κ2) is 5.65. The van der Waals surface area contributed by atoms with Crippen molar-refractivity contribution in [1.82, 2.24) is 4.90 Å². The van der Waals surface area contributed by atoms with E-state index in [0.717, 1.165) is 18.0 Å².